The van der Waals surface area contributed by atoms with Gasteiger partial charge in [0.1, 0.15) is 11.3 Å². The molecule has 0 radical (unpaired) electrons. The van der Waals surface area contributed by atoms with Crippen molar-refractivity contribution in [3.8, 4) is 5.75 Å². The molecule has 0 unspecified atom stereocenters. The standard InChI is InChI=1S/C22H26ClN7O2/c1-32-17-7-3-2-6-16(17)28-9-11-29(12-10-28)21(31)15-5-4-8-30(13-15)20-18-19(25-14-24-18)26-22(23)27-20/h2-3,6-7,14-15H,4-5,8-13H2,1H3,(H,24,25,26,27)/t15-/m0/s1. The summed E-state index contributed by atoms with van der Waals surface area (Å²) < 4.78 is 5.50. The lowest BCUT2D eigenvalue weighted by Gasteiger charge is -2.40. The maximum Gasteiger partial charge on any atom is 0.227 e. The normalized spacial score (nSPS) is 19.4. The number of nitrogens with one attached hydrogen (secondary N) is 1. The third-order valence-corrected chi connectivity index (χ3v) is 6.50. The number of aromatic amines is 1. The highest BCUT2D eigenvalue weighted by atomic mass is 35.5. The van der Waals surface area contributed by atoms with E-state index in [4.69, 9.17) is 16.3 Å². The Morgan fingerprint density at radius 1 is 1.12 bits per heavy atom. The summed E-state index contributed by atoms with van der Waals surface area (Å²) in [7, 11) is 1.69. The summed E-state index contributed by atoms with van der Waals surface area (Å²) in [4.78, 5) is 35.7. The third-order valence-electron chi connectivity index (χ3n) is 6.33. The Labute approximate surface area is 191 Å². The Morgan fingerprint density at radius 2 is 1.94 bits per heavy atom. The summed E-state index contributed by atoms with van der Waals surface area (Å²) in [5.41, 5.74) is 2.38. The van der Waals surface area contributed by atoms with E-state index in [9.17, 15) is 4.79 Å². The molecule has 9 nitrogen and oxygen atoms in total. The van der Waals surface area contributed by atoms with Crippen LogP contribution in [0.2, 0.25) is 5.28 Å². The number of rotatable bonds is 4. The van der Waals surface area contributed by atoms with Crippen LogP contribution >= 0.6 is 11.6 Å². The van der Waals surface area contributed by atoms with Gasteiger partial charge in [0.05, 0.1) is 25.0 Å². The van der Waals surface area contributed by atoms with Crippen molar-refractivity contribution in [3.63, 3.8) is 0 Å². The number of piperidine rings is 1. The number of carbonyl (C=O) groups is 1. The summed E-state index contributed by atoms with van der Waals surface area (Å²) in [6.45, 7) is 4.44. The van der Waals surface area contributed by atoms with Crippen LogP contribution in [0.15, 0.2) is 30.6 Å². The Balaban J connectivity index is 1.26. The van der Waals surface area contributed by atoms with Crippen LogP contribution in [0.5, 0.6) is 5.75 Å². The number of halogens is 1. The zero-order valence-corrected chi connectivity index (χ0v) is 18.8. The lowest BCUT2D eigenvalue weighted by atomic mass is 9.96. The highest BCUT2D eigenvalue weighted by molar-refractivity contribution is 6.28. The number of aromatic nitrogens is 4. The Kier molecular flexibility index (Phi) is 5.73. The molecule has 2 fully saturated rings. The first-order valence-corrected chi connectivity index (χ1v) is 11.3. The van der Waals surface area contributed by atoms with Gasteiger partial charge in [-0.25, -0.2) is 4.98 Å². The number of carbonyl (C=O) groups excluding carboxylic acids is 1. The van der Waals surface area contributed by atoms with Gasteiger partial charge < -0.3 is 24.4 Å². The quantitative estimate of drug-likeness (QED) is 0.604. The summed E-state index contributed by atoms with van der Waals surface area (Å²) in [6, 6.07) is 8.03. The van der Waals surface area contributed by atoms with Crippen molar-refractivity contribution in [2.24, 2.45) is 5.92 Å². The Bertz CT molecular complexity index is 1110. The molecule has 2 aliphatic rings. The molecule has 2 aromatic heterocycles. The SMILES string of the molecule is COc1ccccc1N1CCN(C(=O)[C@H]2CCCN(c3nc(Cl)nc4nc[nH]c34)C2)CC1. The molecule has 10 heteroatoms. The zero-order valence-electron chi connectivity index (χ0n) is 18.0. The van der Waals surface area contributed by atoms with Gasteiger partial charge in [0.2, 0.25) is 11.2 Å². The van der Waals surface area contributed by atoms with E-state index in [1.165, 1.54) is 0 Å². The van der Waals surface area contributed by atoms with E-state index >= 15 is 0 Å². The maximum atomic E-state index is 13.4. The molecule has 0 spiro atoms. The number of hydrogen-bond donors (Lipinski definition) is 1. The van der Waals surface area contributed by atoms with Crippen LogP contribution in [0.1, 0.15) is 12.8 Å². The molecule has 1 N–H and O–H groups in total. The molecule has 5 rings (SSSR count). The van der Waals surface area contributed by atoms with Crippen molar-refractivity contribution in [1.82, 2.24) is 24.8 Å². The fraction of sp³-hybridized carbons (Fsp3) is 0.455. The molecule has 1 atom stereocenters. The highest BCUT2D eigenvalue weighted by Gasteiger charge is 2.32. The number of nitrogens with zero attached hydrogens (tertiary/aromatic N) is 6. The lowest BCUT2D eigenvalue weighted by molar-refractivity contribution is -0.136. The fourth-order valence-electron chi connectivity index (χ4n) is 4.71. The molecular weight excluding hydrogens is 430 g/mol. The second-order valence-electron chi connectivity index (χ2n) is 8.19. The Hall–Kier alpha value is -3.07. The monoisotopic (exact) mass is 455 g/mol. The largest absolute Gasteiger partial charge is 0.495 e. The maximum absolute atomic E-state index is 13.4. The lowest BCUT2D eigenvalue weighted by Crippen LogP contribution is -2.52. The minimum Gasteiger partial charge on any atom is -0.495 e. The highest BCUT2D eigenvalue weighted by Crippen LogP contribution is 2.30. The number of fused-ring (bicyclic) bond motifs is 1. The van der Waals surface area contributed by atoms with E-state index < -0.39 is 0 Å². The summed E-state index contributed by atoms with van der Waals surface area (Å²) in [5, 5.41) is 0.167. The van der Waals surface area contributed by atoms with Crippen molar-refractivity contribution in [2.45, 2.75) is 12.8 Å². The van der Waals surface area contributed by atoms with Crippen molar-refractivity contribution in [3.05, 3.63) is 35.9 Å². The van der Waals surface area contributed by atoms with Crippen LogP contribution in [0.4, 0.5) is 11.5 Å². The average Bonchev–Trinajstić information content (AvgIpc) is 3.31. The molecule has 2 saturated heterocycles. The van der Waals surface area contributed by atoms with Gasteiger partial charge >= 0.3 is 0 Å². The number of ether oxygens (including phenoxy) is 1. The molecule has 0 saturated carbocycles. The second-order valence-corrected chi connectivity index (χ2v) is 8.52. The number of benzene rings is 1. The van der Waals surface area contributed by atoms with Crippen molar-refractivity contribution in [1.29, 1.82) is 0 Å². The third kappa shape index (κ3) is 3.92. The van der Waals surface area contributed by atoms with Crippen LogP contribution in [0, 0.1) is 5.92 Å². The number of methoxy groups -OCH3 is 1. The number of H-pyrrole nitrogens is 1. The molecule has 1 amide bonds. The van der Waals surface area contributed by atoms with Gasteiger partial charge in [-0.1, -0.05) is 12.1 Å². The first kappa shape index (κ1) is 20.8. The molecule has 3 aromatic rings. The summed E-state index contributed by atoms with van der Waals surface area (Å²) in [6.07, 6.45) is 3.40. The number of imidazole rings is 1. The minimum absolute atomic E-state index is 0.0618. The molecule has 2 aliphatic heterocycles. The first-order valence-electron chi connectivity index (χ1n) is 10.9. The van der Waals surface area contributed by atoms with Gasteiger partial charge in [-0.2, -0.15) is 9.97 Å². The van der Waals surface area contributed by atoms with E-state index in [1.54, 1.807) is 13.4 Å². The molecule has 1 aromatic carbocycles. The number of piperazine rings is 1. The number of para-hydroxylation sites is 2. The predicted molar refractivity (Wildman–Crippen MR) is 123 cm³/mol. The van der Waals surface area contributed by atoms with Crippen LogP contribution < -0.4 is 14.5 Å². The van der Waals surface area contributed by atoms with Crippen LogP contribution in [-0.2, 0) is 4.79 Å². The van der Waals surface area contributed by atoms with Gasteiger partial charge in [0.25, 0.3) is 0 Å². The molecule has 0 aliphatic carbocycles. The van der Waals surface area contributed by atoms with Gasteiger partial charge in [-0.05, 0) is 36.6 Å². The number of amides is 1. The topological polar surface area (TPSA) is 90.5 Å². The number of anilines is 2. The van der Waals surface area contributed by atoms with Crippen molar-refractivity contribution >= 4 is 40.2 Å². The molecule has 32 heavy (non-hydrogen) atoms. The smallest absolute Gasteiger partial charge is 0.227 e. The molecule has 0 bridgehead atoms. The minimum atomic E-state index is -0.0618. The molecule has 4 heterocycles. The van der Waals surface area contributed by atoms with Gasteiger partial charge in [0, 0.05) is 39.3 Å². The van der Waals surface area contributed by atoms with E-state index in [1.807, 2.05) is 23.1 Å². The molecular formula is C22H26ClN7O2. The average molecular weight is 456 g/mol. The molecule has 168 valence electrons. The first-order chi connectivity index (χ1) is 15.6. The predicted octanol–water partition coefficient (Wildman–Crippen LogP) is 2.58. The zero-order chi connectivity index (χ0) is 22.1. The fourth-order valence-corrected chi connectivity index (χ4v) is 4.87. The van der Waals surface area contributed by atoms with E-state index in [0.29, 0.717) is 25.3 Å². The van der Waals surface area contributed by atoms with E-state index in [0.717, 1.165) is 55.2 Å². The van der Waals surface area contributed by atoms with Crippen LogP contribution in [-0.4, -0.2) is 77.1 Å². The summed E-state index contributed by atoms with van der Waals surface area (Å²) in [5.74, 6) is 1.74. The van der Waals surface area contributed by atoms with Crippen molar-refractivity contribution < 1.29 is 9.53 Å². The summed E-state index contributed by atoms with van der Waals surface area (Å²) >= 11 is 6.11. The van der Waals surface area contributed by atoms with Crippen LogP contribution in [0.25, 0.3) is 11.2 Å². The van der Waals surface area contributed by atoms with Crippen LogP contribution in [0.3, 0.4) is 0 Å². The van der Waals surface area contributed by atoms with E-state index in [2.05, 4.69) is 35.8 Å². The second kappa shape index (κ2) is 8.82. The number of hydrogen-bond acceptors (Lipinski definition) is 7. The van der Waals surface area contributed by atoms with Gasteiger partial charge in [-0.3, -0.25) is 4.79 Å². The Morgan fingerprint density at radius 3 is 2.75 bits per heavy atom. The van der Waals surface area contributed by atoms with Crippen molar-refractivity contribution in [2.75, 3.05) is 56.2 Å². The van der Waals surface area contributed by atoms with Gasteiger partial charge in [-0.15, -0.1) is 0 Å². The van der Waals surface area contributed by atoms with Gasteiger partial charge in [0.15, 0.2) is 11.5 Å². The van der Waals surface area contributed by atoms with E-state index in [-0.39, 0.29) is 17.1 Å².